The van der Waals surface area contributed by atoms with Crippen LogP contribution in [0.25, 0.3) is 6.08 Å². The van der Waals surface area contributed by atoms with Gasteiger partial charge in [0.2, 0.25) is 5.91 Å². The van der Waals surface area contributed by atoms with Gasteiger partial charge in [-0.05, 0) is 30.7 Å². The molecule has 1 aromatic carbocycles. The SMILES string of the molecule is CC(O)(CNC(=O)C=Cc1ccccc1)c1ccco1. The van der Waals surface area contributed by atoms with E-state index in [-0.39, 0.29) is 12.5 Å². The first-order valence-corrected chi connectivity index (χ1v) is 6.35. The fourth-order valence-electron chi connectivity index (χ4n) is 1.73. The van der Waals surface area contributed by atoms with Gasteiger partial charge in [0.1, 0.15) is 11.4 Å². The highest BCUT2D eigenvalue weighted by molar-refractivity contribution is 5.91. The van der Waals surface area contributed by atoms with Crippen LogP contribution in [0, 0.1) is 0 Å². The topological polar surface area (TPSA) is 62.5 Å². The molecule has 4 nitrogen and oxygen atoms in total. The molecule has 1 heterocycles. The molecule has 1 unspecified atom stereocenters. The first kappa shape index (κ1) is 14.1. The van der Waals surface area contributed by atoms with Crippen molar-refractivity contribution in [1.29, 1.82) is 0 Å². The van der Waals surface area contributed by atoms with Crippen LogP contribution in [-0.4, -0.2) is 17.6 Å². The Labute approximate surface area is 117 Å². The Morgan fingerprint density at radius 2 is 2.05 bits per heavy atom. The van der Waals surface area contributed by atoms with Gasteiger partial charge in [-0.2, -0.15) is 0 Å². The second kappa shape index (κ2) is 6.21. The fraction of sp³-hybridized carbons (Fsp3) is 0.188. The maximum atomic E-state index is 11.7. The van der Waals surface area contributed by atoms with Crippen molar-refractivity contribution in [3.63, 3.8) is 0 Å². The molecule has 1 amide bonds. The lowest BCUT2D eigenvalue weighted by molar-refractivity contribution is -0.117. The predicted octanol–water partition coefficient (Wildman–Crippen LogP) is 2.32. The van der Waals surface area contributed by atoms with Gasteiger partial charge in [0.05, 0.1) is 12.8 Å². The van der Waals surface area contributed by atoms with E-state index in [0.29, 0.717) is 5.76 Å². The summed E-state index contributed by atoms with van der Waals surface area (Å²) < 4.78 is 5.14. The van der Waals surface area contributed by atoms with Crippen LogP contribution in [0.2, 0.25) is 0 Å². The Bertz CT molecular complexity index is 571. The quantitative estimate of drug-likeness (QED) is 0.820. The van der Waals surface area contributed by atoms with E-state index in [4.69, 9.17) is 4.42 Å². The van der Waals surface area contributed by atoms with E-state index in [1.54, 1.807) is 25.1 Å². The van der Waals surface area contributed by atoms with Gasteiger partial charge in [0.25, 0.3) is 0 Å². The molecular weight excluding hydrogens is 254 g/mol. The largest absolute Gasteiger partial charge is 0.466 e. The van der Waals surface area contributed by atoms with Crippen molar-refractivity contribution >= 4 is 12.0 Å². The second-order valence-corrected chi connectivity index (χ2v) is 4.71. The van der Waals surface area contributed by atoms with Crippen LogP contribution in [0.4, 0.5) is 0 Å². The monoisotopic (exact) mass is 271 g/mol. The highest BCUT2D eigenvalue weighted by atomic mass is 16.4. The summed E-state index contributed by atoms with van der Waals surface area (Å²) >= 11 is 0. The van der Waals surface area contributed by atoms with Crippen molar-refractivity contribution < 1.29 is 14.3 Å². The third kappa shape index (κ3) is 3.83. The summed E-state index contributed by atoms with van der Waals surface area (Å²) in [6, 6.07) is 12.9. The average Bonchev–Trinajstić information content (AvgIpc) is 2.99. The molecular formula is C16H17NO3. The minimum absolute atomic E-state index is 0.0818. The molecule has 0 spiro atoms. The number of benzene rings is 1. The fourth-order valence-corrected chi connectivity index (χ4v) is 1.73. The summed E-state index contributed by atoms with van der Waals surface area (Å²) in [6.07, 6.45) is 4.64. The van der Waals surface area contributed by atoms with Crippen LogP contribution in [0.1, 0.15) is 18.2 Å². The number of rotatable bonds is 5. The van der Waals surface area contributed by atoms with Gasteiger partial charge in [0, 0.05) is 6.08 Å². The number of aliphatic hydroxyl groups is 1. The summed E-state index contributed by atoms with van der Waals surface area (Å²) in [5, 5.41) is 12.8. The summed E-state index contributed by atoms with van der Waals surface area (Å²) in [4.78, 5) is 11.7. The van der Waals surface area contributed by atoms with Crippen molar-refractivity contribution in [3.05, 3.63) is 66.1 Å². The van der Waals surface area contributed by atoms with Gasteiger partial charge in [-0.1, -0.05) is 30.3 Å². The molecule has 20 heavy (non-hydrogen) atoms. The Morgan fingerprint density at radius 1 is 1.30 bits per heavy atom. The van der Waals surface area contributed by atoms with Crippen molar-refractivity contribution in [1.82, 2.24) is 5.32 Å². The van der Waals surface area contributed by atoms with Crippen LogP contribution in [-0.2, 0) is 10.4 Å². The lowest BCUT2D eigenvalue weighted by Crippen LogP contribution is -2.37. The minimum Gasteiger partial charge on any atom is -0.466 e. The first-order chi connectivity index (χ1) is 9.58. The van der Waals surface area contributed by atoms with Gasteiger partial charge in [-0.15, -0.1) is 0 Å². The van der Waals surface area contributed by atoms with E-state index in [0.717, 1.165) is 5.56 Å². The van der Waals surface area contributed by atoms with Gasteiger partial charge < -0.3 is 14.8 Å². The molecule has 1 aromatic heterocycles. The summed E-state index contributed by atoms with van der Waals surface area (Å²) in [6.45, 7) is 1.67. The molecule has 0 aliphatic heterocycles. The lowest BCUT2D eigenvalue weighted by atomic mass is 10.0. The van der Waals surface area contributed by atoms with Crippen LogP contribution >= 0.6 is 0 Å². The maximum Gasteiger partial charge on any atom is 0.244 e. The van der Waals surface area contributed by atoms with Crippen molar-refractivity contribution in [2.75, 3.05) is 6.54 Å². The number of hydrogen-bond acceptors (Lipinski definition) is 3. The molecule has 0 fully saturated rings. The van der Waals surface area contributed by atoms with Crippen LogP contribution in [0.3, 0.4) is 0 Å². The highest BCUT2D eigenvalue weighted by Crippen LogP contribution is 2.19. The molecule has 0 aliphatic carbocycles. The summed E-state index contributed by atoms with van der Waals surface area (Å²) in [5.41, 5.74) is -0.278. The van der Waals surface area contributed by atoms with Crippen LogP contribution in [0.5, 0.6) is 0 Å². The molecule has 2 aromatic rings. The van der Waals surface area contributed by atoms with Crippen molar-refractivity contribution in [2.45, 2.75) is 12.5 Å². The molecule has 0 saturated heterocycles. The Morgan fingerprint density at radius 3 is 2.70 bits per heavy atom. The van der Waals surface area contributed by atoms with Crippen LogP contribution in [0.15, 0.2) is 59.2 Å². The smallest absolute Gasteiger partial charge is 0.244 e. The number of nitrogens with one attached hydrogen (secondary N) is 1. The Balaban J connectivity index is 1.88. The molecule has 4 heteroatoms. The second-order valence-electron chi connectivity index (χ2n) is 4.71. The van der Waals surface area contributed by atoms with Gasteiger partial charge in [0.15, 0.2) is 0 Å². The number of carbonyl (C=O) groups excluding carboxylic acids is 1. The lowest BCUT2D eigenvalue weighted by Gasteiger charge is -2.20. The third-order valence-corrected chi connectivity index (χ3v) is 2.89. The van der Waals surface area contributed by atoms with Crippen molar-refractivity contribution in [2.24, 2.45) is 0 Å². The first-order valence-electron chi connectivity index (χ1n) is 6.35. The molecule has 1 atom stereocenters. The Kier molecular flexibility index (Phi) is 4.38. The third-order valence-electron chi connectivity index (χ3n) is 2.89. The predicted molar refractivity (Wildman–Crippen MR) is 76.8 cm³/mol. The van der Waals surface area contributed by atoms with E-state index in [1.165, 1.54) is 12.3 Å². The molecule has 2 rings (SSSR count). The molecule has 0 radical (unpaired) electrons. The van der Waals surface area contributed by atoms with Crippen LogP contribution < -0.4 is 5.32 Å². The average molecular weight is 271 g/mol. The van der Waals surface area contributed by atoms with E-state index >= 15 is 0 Å². The summed E-state index contributed by atoms with van der Waals surface area (Å²) in [7, 11) is 0. The summed E-state index contributed by atoms with van der Waals surface area (Å²) in [5.74, 6) is 0.158. The zero-order chi connectivity index (χ0) is 14.4. The normalized spacial score (nSPS) is 14.1. The number of furan rings is 1. The van der Waals surface area contributed by atoms with E-state index in [2.05, 4.69) is 5.32 Å². The van der Waals surface area contributed by atoms with E-state index in [9.17, 15) is 9.90 Å². The number of carbonyl (C=O) groups is 1. The number of amides is 1. The van der Waals surface area contributed by atoms with E-state index in [1.807, 2.05) is 30.3 Å². The number of hydrogen-bond donors (Lipinski definition) is 2. The van der Waals surface area contributed by atoms with Gasteiger partial charge >= 0.3 is 0 Å². The van der Waals surface area contributed by atoms with Gasteiger partial charge in [-0.3, -0.25) is 4.79 Å². The molecule has 104 valence electrons. The zero-order valence-corrected chi connectivity index (χ0v) is 11.2. The van der Waals surface area contributed by atoms with Crippen molar-refractivity contribution in [3.8, 4) is 0 Å². The molecule has 0 bridgehead atoms. The zero-order valence-electron chi connectivity index (χ0n) is 11.2. The molecule has 0 saturated carbocycles. The van der Waals surface area contributed by atoms with E-state index < -0.39 is 5.60 Å². The molecule has 0 aliphatic rings. The Hall–Kier alpha value is -2.33. The minimum atomic E-state index is -1.22. The van der Waals surface area contributed by atoms with Gasteiger partial charge in [-0.25, -0.2) is 0 Å². The molecule has 2 N–H and O–H groups in total. The standard InChI is InChI=1S/C16H17NO3/c1-16(19,14-8-5-11-20-14)12-17-15(18)10-9-13-6-3-2-4-7-13/h2-11,19H,12H2,1H3,(H,17,18). The maximum absolute atomic E-state index is 11.7. The highest BCUT2D eigenvalue weighted by Gasteiger charge is 2.26.